The number of halogens is 1. The number of carbonyl (C=O) groups is 2. The van der Waals surface area contributed by atoms with E-state index in [9.17, 15) is 14.0 Å². The Morgan fingerprint density at radius 3 is 2.67 bits per heavy atom. The summed E-state index contributed by atoms with van der Waals surface area (Å²) in [6.07, 6.45) is 2.70. The number of hydrogen-bond acceptors (Lipinski definition) is 3. The van der Waals surface area contributed by atoms with Gasteiger partial charge in [-0.3, -0.25) is 9.59 Å². The van der Waals surface area contributed by atoms with Gasteiger partial charge >= 0.3 is 0 Å². The lowest BCUT2D eigenvalue weighted by atomic mass is 9.95. The maximum absolute atomic E-state index is 13.1. The third kappa shape index (κ3) is 3.82. The first kappa shape index (κ1) is 16.2. The first-order valence-electron chi connectivity index (χ1n) is 7.98. The Labute approximate surface area is 139 Å². The molecule has 3 rings (SSSR count). The lowest BCUT2D eigenvalue weighted by molar-refractivity contribution is -0.126. The van der Waals surface area contributed by atoms with Gasteiger partial charge in [-0.05, 0) is 42.7 Å². The van der Waals surface area contributed by atoms with Crippen molar-refractivity contribution in [3.63, 3.8) is 0 Å². The lowest BCUT2D eigenvalue weighted by Gasteiger charge is -2.30. The minimum atomic E-state index is -0.313. The topological polar surface area (TPSA) is 62.6 Å². The van der Waals surface area contributed by atoms with Gasteiger partial charge in [0.1, 0.15) is 5.82 Å². The van der Waals surface area contributed by atoms with Crippen LogP contribution in [0.2, 0.25) is 0 Å². The summed E-state index contributed by atoms with van der Waals surface area (Å²) in [5.41, 5.74) is 0.730. The molecule has 1 saturated heterocycles. The second-order valence-corrected chi connectivity index (χ2v) is 5.89. The third-order valence-electron chi connectivity index (χ3n) is 4.24. The molecule has 1 aliphatic heterocycles. The molecule has 2 heterocycles. The van der Waals surface area contributed by atoms with Crippen LogP contribution in [0, 0.1) is 11.7 Å². The largest absolute Gasteiger partial charge is 0.459 e. The van der Waals surface area contributed by atoms with Gasteiger partial charge in [0.25, 0.3) is 5.91 Å². The Hall–Kier alpha value is -2.63. The smallest absolute Gasteiger partial charge is 0.289 e. The van der Waals surface area contributed by atoms with E-state index in [0.717, 1.165) is 5.56 Å². The highest BCUT2D eigenvalue weighted by molar-refractivity contribution is 5.91. The summed E-state index contributed by atoms with van der Waals surface area (Å²) in [5, 5.41) is 2.84. The molecular formula is C18H19FN2O3. The fourth-order valence-electron chi connectivity index (χ4n) is 2.88. The van der Waals surface area contributed by atoms with Crippen LogP contribution in [0.1, 0.15) is 29.0 Å². The van der Waals surface area contributed by atoms with E-state index in [1.165, 1.54) is 18.4 Å². The average molecular weight is 330 g/mol. The number of amides is 2. The normalized spacial score (nSPS) is 15.3. The number of likely N-dealkylation sites (tertiary alicyclic amines) is 1. The molecule has 0 spiro atoms. The summed E-state index contributed by atoms with van der Waals surface area (Å²) in [4.78, 5) is 26.1. The Balaban J connectivity index is 1.47. The molecule has 6 heteroatoms. The monoisotopic (exact) mass is 330 g/mol. The van der Waals surface area contributed by atoms with E-state index >= 15 is 0 Å². The number of benzene rings is 1. The maximum Gasteiger partial charge on any atom is 0.289 e. The molecule has 5 nitrogen and oxygen atoms in total. The molecule has 0 atom stereocenters. The van der Waals surface area contributed by atoms with Crippen LogP contribution in [0.4, 0.5) is 4.39 Å². The third-order valence-corrected chi connectivity index (χ3v) is 4.24. The maximum atomic E-state index is 13.1. The Kier molecular flexibility index (Phi) is 4.93. The van der Waals surface area contributed by atoms with Crippen molar-refractivity contribution in [3.8, 4) is 0 Å². The molecule has 1 fully saturated rings. The summed E-state index contributed by atoms with van der Waals surface area (Å²) in [7, 11) is 0. The summed E-state index contributed by atoms with van der Waals surface area (Å²) < 4.78 is 18.2. The summed E-state index contributed by atoms with van der Waals surface area (Å²) in [6.45, 7) is 1.36. The summed E-state index contributed by atoms with van der Waals surface area (Å²) >= 11 is 0. The van der Waals surface area contributed by atoms with Gasteiger partial charge in [-0.2, -0.15) is 0 Å². The molecule has 0 bridgehead atoms. The molecule has 1 aromatic heterocycles. The predicted molar refractivity (Wildman–Crippen MR) is 85.6 cm³/mol. The zero-order valence-corrected chi connectivity index (χ0v) is 13.2. The molecule has 1 aliphatic rings. The van der Waals surface area contributed by atoms with Gasteiger partial charge < -0.3 is 14.6 Å². The van der Waals surface area contributed by atoms with Gasteiger partial charge in [0.15, 0.2) is 5.76 Å². The van der Waals surface area contributed by atoms with Gasteiger partial charge in [-0.25, -0.2) is 4.39 Å². The lowest BCUT2D eigenvalue weighted by Crippen LogP contribution is -2.42. The Bertz CT molecular complexity index is 707. The molecule has 1 aromatic carbocycles. The van der Waals surface area contributed by atoms with Crippen LogP contribution in [-0.4, -0.2) is 29.8 Å². The van der Waals surface area contributed by atoms with Gasteiger partial charge in [-0.1, -0.05) is 12.1 Å². The van der Waals surface area contributed by atoms with E-state index in [4.69, 9.17) is 4.42 Å². The zero-order chi connectivity index (χ0) is 16.9. The quantitative estimate of drug-likeness (QED) is 0.937. The molecule has 2 amide bonds. The van der Waals surface area contributed by atoms with Crippen LogP contribution in [0.5, 0.6) is 0 Å². The van der Waals surface area contributed by atoms with Gasteiger partial charge in [0.2, 0.25) is 5.91 Å². The molecule has 0 radical (unpaired) electrons. The van der Waals surface area contributed by atoms with Gasteiger partial charge in [0.05, 0.1) is 6.26 Å². The number of furan rings is 1. The molecule has 24 heavy (non-hydrogen) atoms. The van der Waals surface area contributed by atoms with Crippen molar-refractivity contribution in [2.24, 2.45) is 5.92 Å². The highest BCUT2D eigenvalue weighted by Gasteiger charge is 2.28. The second-order valence-electron chi connectivity index (χ2n) is 5.89. The Morgan fingerprint density at radius 1 is 1.21 bits per heavy atom. The highest BCUT2D eigenvalue weighted by atomic mass is 19.1. The first-order valence-corrected chi connectivity index (χ1v) is 7.98. The first-order chi connectivity index (χ1) is 11.6. The van der Waals surface area contributed by atoms with E-state index in [-0.39, 0.29) is 23.5 Å². The standard InChI is InChI=1S/C18H19FN2O3/c19-15-4-1-3-13(11-15)12-20-17(22)14-6-8-21(9-7-14)18(23)16-5-2-10-24-16/h1-5,10-11,14H,6-9,12H2,(H,20,22). The minimum Gasteiger partial charge on any atom is -0.459 e. The fourth-order valence-corrected chi connectivity index (χ4v) is 2.88. The number of carbonyl (C=O) groups excluding carboxylic acids is 2. The van der Waals surface area contributed by atoms with Crippen LogP contribution in [-0.2, 0) is 11.3 Å². The van der Waals surface area contributed by atoms with Crippen molar-refractivity contribution in [1.82, 2.24) is 10.2 Å². The average Bonchev–Trinajstić information content (AvgIpc) is 3.14. The second kappa shape index (κ2) is 7.29. The highest BCUT2D eigenvalue weighted by Crippen LogP contribution is 2.19. The Morgan fingerprint density at radius 2 is 2.00 bits per heavy atom. The summed E-state index contributed by atoms with van der Waals surface area (Å²) in [5.74, 6) is -0.308. The predicted octanol–water partition coefficient (Wildman–Crippen LogP) is 2.59. The number of rotatable bonds is 4. The molecule has 2 aromatic rings. The SMILES string of the molecule is O=C(NCc1cccc(F)c1)C1CCN(C(=O)c2ccco2)CC1. The van der Waals surface area contributed by atoms with Crippen molar-refractivity contribution in [2.45, 2.75) is 19.4 Å². The molecular weight excluding hydrogens is 311 g/mol. The molecule has 0 aliphatic carbocycles. The van der Waals surface area contributed by atoms with Crippen molar-refractivity contribution in [2.75, 3.05) is 13.1 Å². The van der Waals surface area contributed by atoms with Gasteiger partial charge in [0, 0.05) is 25.6 Å². The van der Waals surface area contributed by atoms with E-state index in [1.807, 2.05) is 0 Å². The van der Waals surface area contributed by atoms with E-state index < -0.39 is 0 Å². The number of nitrogens with zero attached hydrogens (tertiary/aromatic N) is 1. The number of piperidine rings is 1. The summed E-state index contributed by atoms with van der Waals surface area (Å²) in [6, 6.07) is 9.49. The van der Waals surface area contributed by atoms with Crippen molar-refractivity contribution in [1.29, 1.82) is 0 Å². The van der Waals surface area contributed by atoms with Crippen LogP contribution >= 0.6 is 0 Å². The van der Waals surface area contributed by atoms with Crippen molar-refractivity contribution >= 4 is 11.8 Å². The van der Waals surface area contributed by atoms with Gasteiger partial charge in [-0.15, -0.1) is 0 Å². The van der Waals surface area contributed by atoms with Crippen LogP contribution in [0.25, 0.3) is 0 Å². The fraction of sp³-hybridized carbons (Fsp3) is 0.333. The number of hydrogen-bond donors (Lipinski definition) is 1. The van der Waals surface area contributed by atoms with E-state index in [1.54, 1.807) is 29.2 Å². The molecule has 1 N–H and O–H groups in total. The molecule has 0 saturated carbocycles. The van der Waals surface area contributed by atoms with Crippen molar-refractivity contribution < 1.29 is 18.4 Å². The molecule has 0 unspecified atom stereocenters. The van der Waals surface area contributed by atoms with Crippen LogP contribution in [0.15, 0.2) is 47.1 Å². The van der Waals surface area contributed by atoms with Crippen molar-refractivity contribution in [3.05, 3.63) is 59.8 Å². The van der Waals surface area contributed by atoms with E-state index in [2.05, 4.69) is 5.32 Å². The van der Waals surface area contributed by atoms with E-state index in [0.29, 0.717) is 38.2 Å². The minimum absolute atomic E-state index is 0.0515. The van der Waals surface area contributed by atoms with Crippen LogP contribution < -0.4 is 5.32 Å². The molecule has 126 valence electrons. The van der Waals surface area contributed by atoms with Crippen LogP contribution in [0.3, 0.4) is 0 Å². The number of nitrogens with one attached hydrogen (secondary N) is 1. The zero-order valence-electron chi connectivity index (χ0n) is 13.2.